The summed E-state index contributed by atoms with van der Waals surface area (Å²) in [6, 6.07) is 13.8. The highest BCUT2D eigenvalue weighted by atomic mass is 35.5. The first-order valence-electron chi connectivity index (χ1n) is 15.4. The maximum absolute atomic E-state index is 13.6. The third-order valence-electron chi connectivity index (χ3n) is 10.5. The number of benzene rings is 2. The predicted octanol–water partition coefficient (Wildman–Crippen LogP) is 4.73. The number of hydrogen-bond donors (Lipinski definition) is 2. The van der Waals surface area contributed by atoms with Crippen LogP contribution in [0.5, 0.6) is 0 Å². The molecule has 2 fully saturated rings. The Bertz CT molecular complexity index is 1300. The van der Waals surface area contributed by atoms with Gasteiger partial charge in [0.15, 0.2) is 0 Å². The number of rotatable bonds is 5. The Kier molecular flexibility index (Phi) is 9.06. The van der Waals surface area contributed by atoms with Crippen LogP contribution < -0.4 is 5.32 Å². The van der Waals surface area contributed by atoms with Crippen LogP contribution in [-0.2, 0) is 23.1 Å². The average Bonchev–Trinajstić information content (AvgIpc) is 2.99. The zero-order valence-corrected chi connectivity index (χ0v) is 26.0. The van der Waals surface area contributed by atoms with Crippen molar-refractivity contribution in [3.8, 4) is 0 Å². The van der Waals surface area contributed by atoms with E-state index < -0.39 is 6.10 Å². The number of fused-ring (bicyclic) bond motifs is 2. The van der Waals surface area contributed by atoms with Gasteiger partial charge >= 0.3 is 0 Å². The number of aliphatic hydroxyl groups is 1. The molecule has 4 aliphatic rings. The molecule has 2 aromatic carbocycles. The molecule has 1 saturated carbocycles. The van der Waals surface area contributed by atoms with Gasteiger partial charge in [-0.3, -0.25) is 9.59 Å². The van der Waals surface area contributed by atoms with Crippen molar-refractivity contribution in [2.24, 2.45) is 5.41 Å². The number of nitrogens with one attached hydrogen (secondary N) is 1. The van der Waals surface area contributed by atoms with Gasteiger partial charge in [0, 0.05) is 62.4 Å². The molecule has 0 aromatic heterocycles. The van der Waals surface area contributed by atoms with Gasteiger partial charge in [0.2, 0.25) is 0 Å². The maximum Gasteiger partial charge on any atom is 0.254 e. The number of amides is 2. The van der Waals surface area contributed by atoms with Gasteiger partial charge < -0.3 is 25.0 Å². The molecule has 1 spiro atoms. The fraction of sp³-hybridized carbons (Fsp3) is 0.588. The first kappa shape index (κ1) is 31.0. The van der Waals surface area contributed by atoms with E-state index in [0.717, 1.165) is 57.3 Å². The van der Waals surface area contributed by atoms with Gasteiger partial charge in [-0.05, 0) is 85.3 Å². The monoisotopic (exact) mass is 595 g/mol. The molecular weight excluding hydrogens is 550 g/mol. The number of carbonyl (C=O) groups is 2. The van der Waals surface area contributed by atoms with Crippen LogP contribution in [0.2, 0.25) is 0 Å². The molecule has 0 unspecified atom stereocenters. The standard InChI is InChI=1S/C34H45N3O4.ClH/c1-33(2)22-37(21-30(38)29-19-23-6-4-5-7-25(23)20-35-29)32(40)27-9-8-24(18-28(27)33)31(39)36-16-14-34(15-17-36)12-10-26(41-3)11-13-34;/h4-9,18,26,29-30,35,38H,10-17,19-22H2,1-3H3;1H/t29-,30+;/m0./s1. The van der Waals surface area contributed by atoms with Crippen LogP contribution >= 0.6 is 12.4 Å². The average molecular weight is 596 g/mol. The summed E-state index contributed by atoms with van der Waals surface area (Å²) in [6.45, 7) is 7.35. The molecule has 7 nitrogen and oxygen atoms in total. The number of β-amino-alcohol motifs (C(OH)–C–C–N with tert-alkyl or cyclic N) is 1. The fourth-order valence-electron chi connectivity index (χ4n) is 7.79. The van der Waals surface area contributed by atoms with Crippen molar-refractivity contribution >= 4 is 24.2 Å². The minimum atomic E-state index is -0.669. The molecular formula is C34H46ClN3O4. The van der Waals surface area contributed by atoms with Crippen LogP contribution in [0, 0.1) is 5.41 Å². The Balaban J connectivity index is 0.00000353. The van der Waals surface area contributed by atoms with Crippen molar-refractivity contribution in [3.63, 3.8) is 0 Å². The Labute approximate surface area is 256 Å². The number of hydrogen-bond acceptors (Lipinski definition) is 5. The number of nitrogens with zero attached hydrogens (tertiary/aromatic N) is 2. The summed E-state index contributed by atoms with van der Waals surface area (Å²) < 4.78 is 5.57. The zero-order valence-electron chi connectivity index (χ0n) is 25.2. The summed E-state index contributed by atoms with van der Waals surface area (Å²) in [4.78, 5) is 31.0. The topological polar surface area (TPSA) is 82.1 Å². The molecule has 3 aliphatic heterocycles. The molecule has 2 aromatic rings. The van der Waals surface area contributed by atoms with E-state index in [1.165, 1.54) is 24.0 Å². The highest BCUT2D eigenvalue weighted by Crippen LogP contribution is 2.45. The molecule has 0 bridgehead atoms. The smallest absolute Gasteiger partial charge is 0.254 e. The van der Waals surface area contributed by atoms with E-state index in [1.54, 1.807) is 4.90 Å². The van der Waals surface area contributed by atoms with E-state index in [4.69, 9.17) is 4.74 Å². The van der Waals surface area contributed by atoms with Crippen LogP contribution in [0.1, 0.15) is 89.8 Å². The molecule has 1 saturated heterocycles. The molecule has 6 rings (SSSR count). The minimum Gasteiger partial charge on any atom is -0.390 e. The van der Waals surface area contributed by atoms with Gasteiger partial charge in [-0.15, -0.1) is 12.4 Å². The molecule has 2 N–H and O–H groups in total. The SMILES string of the molecule is COC1CCC2(CC1)CCN(C(=O)c1ccc3c(c1)C(C)(C)CN(C[C@@H](O)[C@@H]1Cc4ccccc4CN1)C3=O)CC2.Cl. The first-order valence-corrected chi connectivity index (χ1v) is 15.4. The second-order valence-corrected chi connectivity index (χ2v) is 13.6. The van der Waals surface area contributed by atoms with Crippen LogP contribution in [0.25, 0.3) is 0 Å². The largest absolute Gasteiger partial charge is 0.390 e. The van der Waals surface area contributed by atoms with Gasteiger partial charge in [-0.25, -0.2) is 0 Å². The minimum absolute atomic E-state index is 0. The highest BCUT2D eigenvalue weighted by molar-refractivity contribution is 6.00. The number of carbonyl (C=O) groups excluding carboxylic acids is 2. The molecule has 2 atom stereocenters. The number of likely N-dealkylation sites (tertiary alicyclic amines) is 1. The molecule has 42 heavy (non-hydrogen) atoms. The molecule has 0 radical (unpaired) electrons. The van der Waals surface area contributed by atoms with E-state index in [9.17, 15) is 14.7 Å². The highest BCUT2D eigenvalue weighted by Gasteiger charge is 2.41. The Morgan fingerprint density at radius 1 is 1.07 bits per heavy atom. The second kappa shape index (κ2) is 12.3. The van der Waals surface area contributed by atoms with Crippen LogP contribution in [0.3, 0.4) is 0 Å². The molecule has 3 heterocycles. The Morgan fingerprint density at radius 2 is 1.76 bits per heavy atom. The summed E-state index contributed by atoms with van der Waals surface area (Å²) in [5.74, 6) is -0.00172. The van der Waals surface area contributed by atoms with Crippen molar-refractivity contribution < 1.29 is 19.4 Å². The van der Waals surface area contributed by atoms with Crippen LogP contribution in [-0.4, -0.2) is 78.3 Å². The lowest BCUT2D eigenvalue weighted by Gasteiger charge is -2.46. The van der Waals surface area contributed by atoms with Crippen molar-refractivity contribution in [2.75, 3.05) is 33.3 Å². The van der Waals surface area contributed by atoms with E-state index >= 15 is 0 Å². The third-order valence-corrected chi connectivity index (χ3v) is 10.5. The van der Waals surface area contributed by atoms with E-state index in [0.29, 0.717) is 29.2 Å². The Hall–Kier alpha value is -2.45. The van der Waals surface area contributed by atoms with Crippen molar-refractivity contribution in [2.45, 2.75) is 89.0 Å². The number of ether oxygens (including phenoxy) is 1. The van der Waals surface area contributed by atoms with E-state index in [2.05, 4.69) is 31.3 Å². The van der Waals surface area contributed by atoms with Gasteiger partial charge in [0.25, 0.3) is 11.8 Å². The van der Waals surface area contributed by atoms with Crippen molar-refractivity contribution in [1.29, 1.82) is 0 Å². The lowest BCUT2D eigenvalue weighted by atomic mass is 9.67. The molecule has 2 amide bonds. The maximum atomic E-state index is 13.6. The molecule has 8 heteroatoms. The Morgan fingerprint density at radius 3 is 2.45 bits per heavy atom. The summed E-state index contributed by atoms with van der Waals surface area (Å²) in [7, 11) is 1.81. The summed E-state index contributed by atoms with van der Waals surface area (Å²) in [5, 5.41) is 14.6. The van der Waals surface area contributed by atoms with Crippen molar-refractivity contribution in [3.05, 3.63) is 70.3 Å². The number of halogens is 1. The predicted molar refractivity (Wildman–Crippen MR) is 166 cm³/mol. The van der Waals surface area contributed by atoms with Gasteiger partial charge in [-0.1, -0.05) is 38.1 Å². The lowest BCUT2D eigenvalue weighted by molar-refractivity contribution is -0.00130. The first-order chi connectivity index (χ1) is 19.7. The van der Waals surface area contributed by atoms with Crippen LogP contribution in [0.15, 0.2) is 42.5 Å². The van der Waals surface area contributed by atoms with Gasteiger partial charge in [0.1, 0.15) is 0 Å². The van der Waals surface area contributed by atoms with Gasteiger partial charge in [0.05, 0.1) is 12.2 Å². The van der Waals surface area contributed by atoms with E-state index in [1.807, 2.05) is 42.3 Å². The van der Waals surface area contributed by atoms with Crippen molar-refractivity contribution in [1.82, 2.24) is 15.1 Å². The summed E-state index contributed by atoms with van der Waals surface area (Å²) in [6.07, 6.45) is 7.22. The van der Waals surface area contributed by atoms with Gasteiger partial charge in [-0.2, -0.15) is 0 Å². The summed E-state index contributed by atoms with van der Waals surface area (Å²) in [5.41, 5.74) is 4.78. The molecule has 228 valence electrons. The lowest BCUT2D eigenvalue weighted by Crippen LogP contribution is -2.54. The third kappa shape index (κ3) is 5.99. The van der Waals surface area contributed by atoms with E-state index in [-0.39, 0.29) is 42.2 Å². The number of aliphatic hydroxyl groups excluding tert-OH is 1. The normalized spacial score (nSPS) is 24.0. The quantitative estimate of drug-likeness (QED) is 0.522. The zero-order chi connectivity index (χ0) is 28.8. The number of methoxy groups -OCH3 is 1. The fourth-order valence-corrected chi connectivity index (χ4v) is 7.79. The molecule has 1 aliphatic carbocycles. The number of piperidine rings is 1. The second-order valence-electron chi connectivity index (χ2n) is 13.6. The van der Waals surface area contributed by atoms with Crippen LogP contribution in [0.4, 0.5) is 0 Å². The summed E-state index contributed by atoms with van der Waals surface area (Å²) >= 11 is 0.